The van der Waals surface area contributed by atoms with E-state index in [1.54, 1.807) is 23.5 Å². The van der Waals surface area contributed by atoms with Crippen molar-refractivity contribution in [1.82, 2.24) is 9.62 Å². The molecule has 3 aromatic rings. The van der Waals surface area contributed by atoms with Gasteiger partial charge in [0.1, 0.15) is 11.9 Å². The van der Waals surface area contributed by atoms with Crippen molar-refractivity contribution in [2.24, 2.45) is 23.2 Å². The average molecular weight is 896 g/mol. The predicted octanol–water partition coefficient (Wildman–Crippen LogP) is 7.85. The Morgan fingerprint density at radius 3 is 2.42 bits per heavy atom. The second kappa shape index (κ2) is 19.2. The molecule has 13 nitrogen and oxygen atoms in total. The van der Waals surface area contributed by atoms with Gasteiger partial charge < -0.3 is 39.8 Å². The van der Waals surface area contributed by atoms with E-state index in [9.17, 15) is 28.2 Å². The number of benzene rings is 2. The van der Waals surface area contributed by atoms with Crippen LogP contribution in [0.2, 0.25) is 0 Å². The molecule has 0 spiro atoms. The fraction of sp³-hybridized carbons (Fsp3) is 0.617. The lowest BCUT2D eigenvalue weighted by atomic mass is 9.74. The van der Waals surface area contributed by atoms with Crippen molar-refractivity contribution < 1.29 is 47.2 Å². The number of ether oxygens (including phenoxy) is 4. The van der Waals surface area contributed by atoms with Gasteiger partial charge in [-0.15, -0.1) is 11.3 Å². The van der Waals surface area contributed by atoms with E-state index in [1.807, 2.05) is 45.0 Å². The van der Waals surface area contributed by atoms with Crippen molar-refractivity contribution in [1.29, 1.82) is 0 Å². The topological polar surface area (TPSA) is 173 Å². The summed E-state index contributed by atoms with van der Waals surface area (Å²) in [5.41, 5.74) is 3.44. The number of aliphatic hydroxyl groups is 1. The molecule has 340 valence electrons. The zero-order chi connectivity index (χ0) is 44.4. The normalized spacial score (nSPS) is 25.5. The molecule has 2 aliphatic carbocycles. The van der Waals surface area contributed by atoms with Crippen LogP contribution in [0.5, 0.6) is 5.75 Å². The number of thiophene rings is 1. The first-order chi connectivity index (χ1) is 29.5. The number of sulfonamides is 1. The Morgan fingerprint density at radius 2 is 1.73 bits per heavy atom. The number of alkyl carbamates (subject to hydrolysis) is 1. The molecule has 2 saturated heterocycles. The maximum absolute atomic E-state index is 14.0. The molecule has 62 heavy (non-hydrogen) atoms. The summed E-state index contributed by atoms with van der Waals surface area (Å²) < 4.78 is 52.0. The second-order valence-corrected chi connectivity index (χ2v) is 22.1. The Balaban J connectivity index is 1.06. The van der Waals surface area contributed by atoms with E-state index in [0.29, 0.717) is 30.9 Å². The molecule has 2 aliphatic heterocycles. The number of aromatic carboxylic acids is 1. The fourth-order valence-corrected chi connectivity index (χ4v) is 13.1. The van der Waals surface area contributed by atoms with Gasteiger partial charge in [-0.2, -0.15) is 4.31 Å². The number of carbonyl (C=O) groups is 2. The summed E-state index contributed by atoms with van der Waals surface area (Å²) in [5, 5.41) is 28.9. The molecule has 2 aromatic carbocycles. The van der Waals surface area contributed by atoms with Gasteiger partial charge in [0.25, 0.3) is 0 Å². The third-order valence-electron chi connectivity index (χ3n) is 13.4. The summed E-state index contributed by atoms with van der Waals surface area (Å²) in [6, 6.07) is 13.1. The van der Waals surface area contributed by atoms with Crippen LogP contribution in [-0.2, 0) is 43.5 Å². The molecule has 4 N–H and O–H groups in total. The monoisotopic (exact) mass is 895 g/mol. The van der Waals surface area contributed by atoms with E-state index in [4.69, 9.17) is 18.9 Å². The van der Waals surface area contributed by atoms with Crippen LogP contribution >= 0.6 is 11.3 Å². The van der Waals surface area contributed by atoms with Crippen LogP contribution in [0.1, 0.15) is 110 Å². The number of aryl methyl sites for hydroxylation is 1. The van der Waals surface area contributed by atoms with E-state index < -0.39 is 46.1 Å². The first-order valence-electron chi connectivity index (χ1n) is 22.2. The molecule has 1 aromatic heterocycles. The number of carbonyl (C=O) groups excluding carboxylic acids is 1. The largest absolute Gasteiger partial charge is 0.497 e. The van der Waals surface area contributed by atoms with Crippen LogP contribution in [0.3, 0.4) is 0 Å². The minimum absolute atomic E-state index is 0.0527. The van der Waals surface area contributed by atoms with Crippen LogP contribution in [0.25, 0.3) is 0 Å². The second-order valence-electron chi connectivity index (χ2n) is 19.0. The van der Waals surface area contributed by atoms with Crippen LogP contribution in [0.15, 0.2) is 53.4 Å². The third-order valence-corrected chi connectivity index (χ3v) is 16.7. The van der Waals surface area contributed by atoms with Gasteiger partial charge >= 0.3 is 12.1 Å². The van der Waals surface area contributed by atoms with Gasteiger partial charge in [0.05, 0.1) is 48.8 Å². The van der Waals surface area contributed by atoms with E-state index in [-0.39, 0.29) is 60.1 Å². The molecule has 0 unspecified atom stereocenters. The number of rotatable bonds is 17. The van der Waals surface area contributed by atoms with Crippen LogP contribution in [0, 0.1) is 23.2 Å². The Hall–Kier alpha value is -3.73. The van der Waals surface area contributed by atoms with Crippen molar-refractivity contribution >= 4 is 39.1 Å². The van der Waals surface area contributed by atoms with Gasteiger partial charge in [-0.1, -0.05) is 52.7 Å². The number of nitrogens with zero attached hydrogens (tertiary/aromatic N) is 1. The number of hydrogen-bond donors (Lipinski definition) is 4. The standard InChI is InChI=1S/C47H65N3O10S2/c1-29(2)26-50(62(55,56)34-17-15-33(57-6)16-18-34)27-39(51)38(49-45(54)60-40-28-59-47(5)37(40)20-22-58-47)23-30-11-13-32(14-12-30)48-25-31-9-7-8-10-35(31)43-42(44(52)53)36-24-46(3,4)21-19-41(36)61-43/h11-18,29,31,35,37-40,48,51H,7-10,19-28H2,1-6H3,(H,49,54)(H,52,53)/t31-,35-,37-,38-,39+,40-,47+/m0/s1. The Bertz CT molecular complexity index is 2140. The molecule has 0 bridgehead atoms. The van der Waals surface area contributed by atoms with Gasteiger partial charge in [0, 0.05) is 35.1 Å². The summed E-state index contributed by atoms with van der Waals surface area (Å²) in [5.74, 6) is -0.808. The minimum atomic E-state index is -4.04. The highest BCUT2D eigenvalue weighted by Gasteiger charge is 2.53. The molecular weight excluding hydrogens is 831 g/mol. The van der Waals surface area contributed by atoms with Gasteiger partial charge in [-0.3, -0.25) is 0 Å². The average Bonchev–Trinajstić information content (AvgIpc) is 3.90. The first kappa shape index (κ1) is 46.3. The molecule has 7 rings (SSSR count). The summed E-state index contributed by atoms with van der Waals surface area (Å²) in [7, 11) is -2.52. The highest BCUT2D eigenvalue weighted by Crippen LogP contribution is 2.48. The highest BCUT2D eigenvalue weighted by atomic mass is 32.2. The number of anilines is 1. The number of carboxylic acids is 1. The number of methoxy groups -OCH3 is 1. The van der Waals surface area contributed by atoms with Crippen molar-refractivity contribution in [3.8, 4) is 5.75 Å². The first-order valence-corrected chi connectivity index (χ1v) is 24.5. The van der Waals surface area contributed by atoms with Crippen LogP contribution in [0.4, 0.5) is 10.5 Å². The number of fused-ring (bicyclic) bond motifs is 2. The van der Waals surface area contributed by atoms with Crippen molar-refractivity contribution in [2.45, 2.75) is 127 Å². The van der Waals surface area contributed by atoms with E-state index in [0.717, 1.165) is 66.6 Å². The maximum Gasteiger partial charge on any atom is 0.407 e. The fourth-order valence-electron chi connectivity index (χ4n) is 9.92. The highest BCUT2D eigenvalue weighted by molar-refractivity contribution is 7.89. The third kappa shape index (κ3) is 10.4. The number of carboxylic acid groups (broad SMARTS) is 1. The molecule has 1 saturated carbocycles. The van der Waals surface area contributed by atoms with E-state index >= 15 is 0 Å². The molecule has 3 heterocycles. The van der Waals surface area contributed by atoms with Gasteiger partial charge in [-0.25, -0.2) is 18.0 Å². The minimum Gasteiger partial charge on any atom is -0.497 e. The summed E-state index contributed by atoms with van der Waals surface area (Å²) >= 11 is 1.74. The molecular formula is C47H65N3O10S2. The summed E-state index contributed by atoms with van der Waals surface area (Å²) in [4.78, 5) is 28.7. The molecule has 0 radical (unpaired) electrons. The van der Waals surface area contributed by atoms with Gasteiger partial charge in [0.2, 0.25) is 10.0 Å². The summed E-state index contributed by atoms with van der Waals surface area (Å²) in [6.07, 6.45) is 5.33. The van der Waals surface area contributed by atoms with E-state index in [1.165, 1.54) is 28.4 Å². The quantitative estimate of drug-likeness (QED) is 0.104. The van der Waals surface area contributed by atoms with Crippen LogP contribution < -0.4 is 15.4 Å². The molecule has 3 fully saturated rings. The molecule has 15 heteroatoms. The lowest BCUT2D eigenvalue weighted by Crippen LogP contribution is -2.51. The van der Waals surface area contributed by atoms with Gasteiger partial charge in [0.15, 0.2) is 5.79 Å². The van der Waals surface area contributed by atoms with E-state index in [2.05, 4.69) is 24.5 Å². The molecule has 1 amide bonds. The zero-order valence-corrected chi connectivity index (χ0v) is 38.6. The number of nitrogens with one attached hydrogen (secondary N) is 2. The SMILES string of the molecule is COc1ccc(S(=O)(=O)N(CC(C)C)C[C@@H](O)[C@H](Cc2ccc(NC[C@@H]3CCCC[C@@H]3c3sc4c(c3C(=O)O)CC(C)(C)CC4)cc2)NC(=O)O[C@H]2CO[C@@]3(C)OCC[C@@H]23)cc1. The Morgan fingerprint density at radius 1 is 1.00 bits per heavy atom. The number of hydrogen-bond acceptors (Lipinski definition) is 11. The lowest BCUT2D eigenvalue weighted by Gasteiger charge is -2.32. The van der Waals surface area contributed by atoms with Crippen molar-refractivity contribution in [3.05, 3.63) is 75.0 Å². The summed E-state index contributed by atoms with van der Waals surface area (Å²) in [6.45, 7) is 11.4. The lowest BCUT2D eigenvalue weighted by molar-refractivity contribution is -0.181. The van der Waals surface area contributed by atoms with Crippen molar-refractivity contribution in [2.75, 3.05) is 45.3 Å². The Kier molecular flexibility index (Phi) is 14.3. The molecule has 7 atom stereocenters. The van der Waals surface area contributed by atoms with Gasteiger partial charge in [-0.05, 0) is 123 Å². The predicted molar refractivity (Wildman–Crippen MR) is 239 cm³/mol. The Labute approximate surface area is 370 Å². The van der Waals surface area contributed by atoms with Crippen LogP contribution in [-0.4, -0.2) is 99.0 Å². The number of amides is 1. The zero-order valence-electron chi connectivity index (χ0n) is 37.0. The van der Waals surface area contributed by atoms with Crippen molar-refractivity contribution in [3.63, 3.8) is 0 Å². The smallest absolute Gasteiger partial charge is 0.407 e. The molecule has 4 aliphatic rings. The maximum atomic E-state index is 14.0. The number of aliphatic hydroxyl groups excluding tert-OH is 1.